The standard InChI is InChI=1S/C14H18N2O2S3/c1-10-7-19-8-11(10)5-16-21(17,18)14-4-13(20-9-14)6-15-12-2-3-12/h4,7-9,12,15-16H,2-3,5-6H2,1H3. The molecule has 0 aliphatic heterocycles. The van der Waals surface area contributed by atoms with Gasteiger partial charge in [-0.25, -0.2) is 13.1 Å². The highest BCUT2D eigenvalue weighted by Gasteiger charge is 2.21. The summed E-state index contributed by atoms with van der Waals surface area (Å²) < 4.78 is 27.2. The molecule has 21 heavy (non-hydrogen) atoms. The van der Waals surface area contributed by atoms with E-state index in [4.69, 9.17) is 0 Å². The molecule has 0 saturated heterocycles. The molecule has 3 rings (SSSR count). The molecule has 1 fully saturated rings. The van der Waals surface area contributed by atoms with Gasteiger partial charge in [-0.2, -0.15) is 11.3 Å². The van der Waals surface area contributed by atoms with E-state index in [1.807, 2.05) is 17.7 Å². The summed E-state index contributed by atoms with van der Waals surface area (Å²) >= 11 is 3.08. The molecule has 1 aliphatic rings. The fourth-order valence-corrected chi connectivity index (χ4v) is 5.04. The third-order valence-electron chi connectivity index (χ3n) is 3.50. The fourth-order valence-electron chi connectivity index (χ4n) is 1.95. The van der Waals surface area contributed by atoms with Crippen molar-refractivity contribution in [1.82, 2.24) is 10.0 Å². The third kappa shape index (κ3) is 3.92. The number of thiophene rings is 2. The van der Waals surface area contributed by atoms with E-state index in [1.165, 1.54) is 24.2 Å². The second-order valence-electron chi connectivity index (χ2n) is 5.31. The van der Waals surface area contributed by atoms with Gasteiger partial charge >= 0.3 is 0 Å². The Morgan fingerprint density at radius 1 is 1.24 bits per heavy atom. The molecule has 0 aromatic carbocycles. The highest BCUT2D eigenvalue weighted by atomic mass is 32.2. The van der Waals surface area contributed by atoms with Gasteiger partial charge in [0, 0.05) is 29.4 Å². The number of rotatable bonds is 7. The van der Waals surface area contributed by atoms with Gasteiger partial charge in [0.2, 0.25) is 10.0 Å². The quantitative estimate of drug-likeness (QED) is 0.813. The molecule has 0 bridgehead atoms. The largest absolute Gasteiger partial charge is 0.309 e. The van der Waals surface area contributed by atoms with Crippen LogP contribution in [0.15, 0.2) is 27.1 Å². The molecule has 7 heteroatoms. The predicted octanol–water partition coefficient (Wildman–Crippen LogP) is 2.85. The van der Waals surface area contributed by atoms with E-state index in [0.29, 0.717) is 17.5 Å². The first kappa shape index (κ1) is 15.2. The van der Waals surface area contributed by atoms with Crippen LogP contribution in [-0.2, 0) is 23.1 Å². The SMILES string of the molecule is Cc1cscc1CNS(=O)(=O)c1csc(CNC2CC2)c1. The highest BCUT2D eigenvalue weighted by molar-refractivity contribution is 7.89. The summed E-state index contributed by atoms with van der Waals surface area (Å²) in [6, 6.07) is 2.40. The molecule has 114 valence electrons. The van der Waals surface area contributed by atoms with Crippen molar-refractivity contribution in [3.63, 3.8) is 0 Å². The zero-order chi connectivity index (χ0) is 14.9. The van der Waals surface area contributed by atoms with Crippen molar-refractivity contribution in [3.05, 3.63) is 38.2 Å². The Kier molecular flexibility index (Phi) is 4.46. The van der Waals surface area contributed by atoms with Gasteiger partial charge in [0.05, 0.1) is 4.90 Å². The summed E-state index contributed by atoms with van der Waals surface area (Å²) in [5, 5.41) is 9.12. The lowest BCUT2D eigenvalue weighted by Gasteiger charge is -2.04. The number of aryl methyl sites for hydroxylation is 1. The molecule has 4 nitrogen and oxygen atoms in total. The van der Waals surface area contributed by atoms with Crippen molar-refractivity contribution in [3.8, 4) is 0 Å². The lowest BCUT2D eigenvalue weighted by molar-refractivity contribution is 0.581. The minimum absolute atomic E-state index is 0.350. The Balaban J connectivity index is 1.62. The molecule has 1 aliphatic carbocycles. The van der Waals surface area contributed by atoms with Crippen LogP contribution in [0.1, 0.15) is 28.8 Å². The normalized spacial score (nSPS) is 15.5. The lowest BCUT2D eigenvalue weighted by atomic mass is 10.2. The Labute approximate surface area is 133 Å². The molecule has 0 amide bonds. The molecule has 2 aromatic heterocycles. The van der Waals surface area contributed by atoms with Crippen LogP contribution in [0.3, 0.4) is 0 Å². The van der Waals surface area contributed by atoms with Gasteiger partial charge < -0.3 is 5.32 Å². The third-order valence-corrected chi connectivity index (χ3v) is 6.87. The van der Waals surface area contributed by atoms with Crippen LogP contribution in [0.5, 0.6) is 0 Å². The van der Waals surface area contributed by atoms with Crippen molar-refractivity contribution in [2.24, 2.45) is 0 Å². The first-order valence-corrected chi connectivity index (χ1v) is 10.2. The van der Waals surface area contributed by atoms with Crippen LogP contribution in [0.25, 0.3) is 0 Å². The van der Waals surface area contributed by atoms with Crippen molar-refractivity contribution in [2.75, 3.05) is 0 Å². The van der Waals surface area contributed by atoms with Crippen molar-refractivity contribution >= 4 is 32.7 Å². The minimum Gasteiger partial charge on any atom is -0.309 e. The molecule has 1 saturated carbocycles. The molecule has 0 atom stereocenters. The fraction of sp³-hybridized carbons (Fsp3) is 0.429. The topological polar surface area (TPSA) is 58.2 Å². The average molecular weight is 343 g/mol. The Morgan fingerprint density at radius 2 is 2.05 bits per heavy atom. The Bertz CT molecular complexity index is 714. The van der Waals surface area contributed by atoms with Crippen LogP contribution >= 0.6 is 22.7 Å². The molecule has 0 radical (unpaired) electrons. The van der Waals surface area contributed by atoms with Gasteiger partial charge in [0.25, 0.3) is 0 Å². The number of nitrogens with one attached hydrogen (secondary N) is 2. The Hall–Kier alpha value is -0.730. The minimum atomic E-state index is -3.42. The van der Waals surface area contributed by atoms with Gasteiger partial charge in [0.15, 0.2) is 0 Å². The second kappa shape index (κ2) is 6.18. The van der Waals surface area contributed by atoms with Crippen LogP contribution < -0.4 is 10.0 Å². The van der Waals surface area contributed by atoms with E-state index in [0.717, 1.165) is 22.5 Å². The number of hydrogen-bond donors (Lipinski definition) is 2. The summed E-state index contributed by atoms with van der Waals surface area (Å²) in [7, 11) is -3.42. The molecule has 0 unspecified atom stereocenters. The summed E-state index contributed by atoms with van der Waals surface area (Å²) in [5.74, 6) is 0. The van der Waals surface area contributed by atoms with Gasteiger partial charge in [0.1, 0.15) is 0 Å². The monoisotopic (exact) mass is 342 g/mol. The van der Waals surface area contributed by atoms with E-state index >= 15 is 0 Å². The van der Waals surface area contributed by atoms with E-state index < -0.39 is 10.0 Å². The first-order valence-electron chi connectivity index (χ1n) is 6.87. The van der Waals surface area contributed by atoms with E-state index in [9.17, 15) is 8.42 Å². The molecular weight excluding hydrogens is 324 g/mol. The van der Waals surface area contributed by atoms with Crippen molar-refractivity contribution in [2.45, 2.75) is 43.8 Å². The predicted molar refractivity (Wildman–Crippen MR) is 87.3 cm³/mol. The lowest BCUT2D eigenvalue weighted by Crippen LogP contribution is -2.23. The average Bonchev–Trinajstić information content (AvgIpc) is 2.98. The summed E-state index contributed by atoms with van der Waals surface area (Å²) in [4.78, 5) is 1.43. The molecule has 2 aromatic rings. The van der Waals surface area contributed by atoms with E-state index in [-0.39, 0.29) is 0 Å². The molecule has 0 spiro atoms. The first-order chi connectivity index (χ1) is 10.0. The second-order valence-corrected chi connectivity index (χ2v) is 8.81. The molecule has 2 heterocycles. The Morgan fingerprint density at radius 3 is 2.71 bits per heavy atom. The van der Waals surface area contributed by atoms with Gasteiger partial charge in [-0.15, -0.1) is 11.3 Å². The van der Waals surface area contributed by atoms with Crippen molar-refractivity contribution in [1.29, 1.82) is 0 Å². The van der Waals surface area contributed by atoms with Gasteiger partial charge in [-0.05, 0) is 47.7 Å². The van der Waals surface area contributed by atoms with E-state index in [2.05, 4.69) is 10.0 Å². The van der Waals surface area contributed by atoms with Crippen LogP contribution in [-0.4, -0.2) is 14.5 Å². The molecule has 2 N–H and O–H groups in total. The maximum atomic E-state index is 12.3. The van der Waals surface area contributed by atoms with Crippen LogP contribution in [0.4, 0.5) is 0 Å². The van der Waals surface area contributed by atoms with Gasteiger partial charge in [-0.1, -0.05) is 0 Å². The molecular formula is C14H18N2O2S3. The maximum Gasteiger partial charge on any atom is 0.241 e. The summed E-state index contributed by atoms with van der Waals surface area (Å²) in [6.45, 7) is 3.10. The zero-order valence-corrected chi connectivity index (χ0v) is 14.2. The maximum absolute atomic E-state index is 12.3. The zero-order valence-electron chi connectivity index (χ0n) is 11.8. The van der Waals surface area contributed by atoms with Gasteiger partial charge in [-0.3, -0.25) is 0 Å². The number of sulfonamides is 1. The smallest absolute Gasteiger partial charge is 0.241 e. The van der Waals surface area contributed by atoms with Crippen molar-refractivity contribution < 1.29 is 8.42 Å². The van der Waals surface area contributed by atoms with Crippen LogP contribution in [0, 0.1) is 6.92 Å². The summed E-state index contributed by atoms with van der Waals surface area (Å²) in [6.07, 6.45) is 2.47. The van der Waals surface area contributed by atoms with Crippen LogP contribution in [0.2, 0.25) is 0 Å². The summed E-state index contributed by atoms with van der Waals surface area (Å²) in [5.41, 5.74) is 2.16. The highest BCUT2D eigenvalue weighted by Crippen LogP contribution is 2.23. The van der Waals surface area contributed by atoms with E-state index in [1.54, 1.807) is 22.8 Å². The number of hydrogen-bond acceptors (Lipinski definition) is 5.